The molecule has 0 nitrogen and oxygen atoms in total. The molecule has 2 rings (SSSR count). The van der Waals surface area contributed by atoms with E-state index in [1.54, 1.807) is 0 Å². The number of hydrogen-bond donors (Lipinski definition) is 0. The molecule has 0 bridgehead atoms. The van der Waals surface area contributed by atoms with E-state index >= 15 is 0 Å². The van der Waals surface area contributed by atoms with Crippen LogP contribution in [0.25, 0.3) is 11.1 Å². The molecule has 1 atom stereocenters. The average molecular weight is 317 g/mol. The Labute approximate surface area is 125 Å². The Balaban J connectivity index is 2.24. The summed E-state index contributed by atoms with van der Waals surface area (Å²) in [7, 11) is 0. The lowest BCUT2D eigenvalue weighted by atomic mass is 9.83. The second-order valence-electron chi connectivity index (χ2n) is 5.69. The number of benzene rings is 2. The summed E-state index contributed by atoms with van der Waals surface area (Å²) >= 11 is 3.85. The third kappa shape index (κ3) is 3.27. The quantitative estimate of drug-likeness (QED) is 0.587. The molecule has 0 radical (unpaired) electrons. The summed E-state index contributed by atoms with van der Waals surface area (Å²) in [5, 5.41) is 0. The maximum absolute atomic E-state index is 3.85. The van der Waals surface area contributed by atoms with E-state index in [9.17, 15) is 0 Å². The monoisotopic (exact) mass is 316 g/mol. The first-order valence-corrected chi connectivity index (χ1v) is 7.75. The minimum Gasteiger partial charge on any atom is -0.0833 e. The lowest BCUT2D eigenvalue weighted by molar-refractivity contribution is 0.346. The standard InChI is InChI=1S/C18H21Br/c1-4-18(2,3)17(19)16-12-10-15(11-13-16)14-8-6-5-7-9-14/h5-13,17H,4H2,1-3H3. The van der Waals surface area contributed by atoms with Crippen LogP contribution in [0.1, 0.15) is 37.6 Å². The number of alkyl halides is 1. The van der Waals surface area contributed by atoms with E-state index in [1.165, 1.54) is 16.7 Å². The molecule has 0 aliphatic rings. The van der Waals surface area contributed by atoms with Gasteiger partial charge in [-0.05, 0) is 28.5 Å². The first-order chi connectivity index (χ1) is 9.04. The van der Waals surface area contributed by atoms with E-state index < -0.39 is 0 Å². The summed E-state index contributed by atoms with van der Waals surface area (Å²) in [5.74, 6) is 0. The van der Waals surface area contributed by atoms with Gasteiger partial charge in [0.15, 0.2) is 0 Å². The highest BCUT2D eigenvalue weighted by molar-refractivity contribution is 9.09. The molecule has 0 heterocycles. The maximum Gasteiger partial charge on any atom is 0.0446 e. The minimum absolute atomic E-state index is 0.272. The Morgan fingerprint density at radius 1 is 0.895 bits per heavy atom. The lowest BCUT2D eigenvalue weighted by Crippen LogP contribution is -2.16. The van der Waals surface area contributed by atoms with Gasteiger partial charge < -0.3 is 0 Å². The van der Waals surface area contributed by atoms with E-state index in [0.717, 1.165) is 6.42 Å². The van der Waals surface area contributed by atoms with Crippen molar-refractivity contribution in [3.8, 4) is 11.1 Å². The van der Waals surface area contributed by atoms with E-state index in [2.05, 4.69) is 91.3 Å². The highest BCUT2D eigenvalue weighted by Gasteiger charge is 2.26. The van der Waals surface area contributed by atoms with Gasteiger partial charge in [-0.3, -0.25) is 0 Å². The van der Waals surface area contributed by atoms with E-state index in [-0.39, 0.29) is 5.41 Å². The van der Waals surface area contributed by atoms with Gasteiger partial charge in [0.25, 0.3) is 0 Å². The highest BCUT2D eigenvalue weighted by Crippen LogP contribution is 2.43. The van der Waals surface area contributed by atoms with E-state index in [0.29, 0.717) is 4.83 Å². The van der Waals surface area contributed by atoms with Crippen LogP contribution in [0.2, 0.25) is 0 Å². The van der Waals surface area contributed by atoms with Crippen LogP contribution in [-0.4, -0.2) is 0 Å². The normalized spacial score (nSPS) is 13.3. The molecule has 0 fully saturated rings. The lowest BCUT2D eigenvalue weighted by Gasteiger charge is -2.29. The van der Waals surface area contributed by atoms with Gasteiger partial charge in [0, 0.05) is 4.83 Å². The van der Waals surface area contributed by atoms with E-state index in [4.69, 9.17) is 0 Å². The fourth-order valence-corrected chi connectivity index (χ4v) is 2.73. The van der Waals surface area contributed by atoms with Crippen LogP contribution >= 0.6 is 15.9 Å². The zero-order valence-corrected chi connectivity index (χ0v) is 13.4. The molecule has 1 heteroatoms. The number of hydrogen-bond acceptors (Lipinski definition) is 0. The average Bonchev–Trinajstić information content (AvgIpc) is 2.47. The van der Waals surface area contributed by atoms with Gasteiger partial charge in [-0.15, -0.1) is 0 Å². The summed E-state index contributed by atoms with van der Waals surface area (Å²) in [6, 6.07) is 19.4. The van der Waals surface area contributed by atoms with Crippen molar-refractivity contribution in [1.82, 2.24) is 0 Å². The van der Waals surface area contributed by atoms with Gasteiger partial charge in [0.05, 0.1) is 0 Å². The van der Waals surface area contributed by atoms with Crippen molar-refractivity contribution in [3.05, 3.63) is 60.2 Å². The predicted molar refractivity (Wildman–Crippen MR) is 87.6 cm³/mol. The Morgan fingerprint density at radius 3 is 1.95 bits per heavy atom. The largest absolute Gasteiger partial charge is 0.0833 e. The molecule has 0 aromatic heterocycles. The van der Waals surface area contributed by atoms with Crippen LogP contribution in [-0.2, 0) is 0 Å². The highest BCUT2D eigenvalue weighted by atomic mass is 79.9. The molecule has 2 aromatic rings. The first-order valence-electron chi connectivity index (χ1n) is 6.84. The molecular weight excluding hydrogens is 296 g/mol. The molecule has 0 saturated carbocycles. The zero-order valence-electron chi connectivity index (χ0n) is 11.9. The van der Waals surface area contributed by atoms with Gasteiger partial charge in [0.1, 0.15) is 0 Å². The van der Waals surface area contributed by atoms with Gasteiger partial charge in [-0.1, -0.05) is 91.3 Å². The molecule has 0 aliphatic heterocycles. The van der Waals surface area contributed by atoms with Crippen molar-refractivity contribution in [1.29, 1.82) is 0 Å². The van der Waals surface area contributed by atoms with Gasteiger partial charge >= 0.3 is 0 Å². The molecule has 0 amide bonds. The maximum atomic E-state index is 3.85. The molecule has 2 aromatic carbocycles. The summed E-state index contributed by atoms with van der Waals surface area (Å²) in [6.45, 7) is 6.85. The van der Waals surface area contributed by atoms with Crippen molar-refractivity contribution < 1.29 is 0 Å². The molecule has 0 saturated heterocycles. The van der Waals surface area contributed by atoms with E-state index in [1.807, 2.05) is 0 Å². The van der Waals surface area contributed by atoms with Crippen LogP contribution in [0.3, 0.4) is 0 Å². The predicted octanol–water partition coefficient (Wildman–Crippen LogP) is 6.23. The second-order valence-corrected chi connectivity index (χ2v) is 6.61. The van der Waals surface area contributed by atoms with Crippen LogP contribution < -0.4 is 0 Å². The Hall–Kier alpha value is -1.08. The Kier molecular flexibility index (Phi) is 4.46. The molecule has 1 unspecified atom stereocenters. The van der Waals surface area contributed by atoms with Crippen molar-refractivity contribution >= 4 is 15.9 Å². The van der Waals surface area contributed by atoms with Crippen molar-refractivity contribution in [2.75, 3.05) is 0 Å². The van der Waals surface area contributed by atoms with Crippen molar-refractivity contribution in [2.24, 2.45) is 5.41 Å². The zero-order chi connectivity index (χ0) is 13.9. The first kappa shape index (κ1) is 14.3. The fourth-order valence-electron chi connectivity index (χ4n) is 2.11. The van der Waals surface area contributed by atoms with Gasteiger partial charge in [-0.2, -0.15) is 0 Å². The summed E-state index contributed by atoms with van der Waals surface area (Å²) in [5.41, 5.74) is 4.17. The third-order valence-electron chi connectivity index (χ3n) is 3.91. The van der Waals surface area contributed by atoms with Crippen LogP contribution in [0, 0.1) is 5.41 Å². The van der Waals surface area contributed by atoms with Crippen molar-refractivity contribution in [3.63, 3.8) is 0 Å². The van der Waals surface area contributed by atoms with Crippen LogP contribution in [0.4, 0.5) is 0 Å². The van der Waals surface area contributed by atoms with Gasteiger partial charge in [0.2, 0.25) is 0 Å². The molecule has 19 heavy (non-hydrogen) atoms. The Bertz CT molecular complexity index is 511. The molecular formula is C18H21Br. The number of halogens is 1. The number of rotatable bonds is 4. The SMILES string of the molecule is CCC(C)(C)C(Br)c1ccc(-c2ccccc2)cc1. The molecule has 0 aliphatic carbocycles. The van der Waals surface area contributed by atoms with Gasteiger partial charge in [-0.25, -0.2) is 0 Å². The van der Waals surface area contributed by atoms with Crippen LogP contribution in [0.15, 0.2) is 54.6 Å². The Morgan fingerprint density at radius 2 is 1.42 bits per heavy atom. The topological polar surface area (TPSA) is 0 Å². The summed E-state index contributed by atoms with van der Waals surface area (Å²) in [6.07, 6.45) is 1.16. The smallest absolute Gasteiger partial charge is 0.0446 e. The molecule has 100 valence electrons. The molecule has 0 spiro atoms. The molecule has 0 N–H and O–H groups in total. The van der Waals surface area contributed by atoms with Crippen molar-refractivity contribution in [2.45, 2.75) is 32.0 Å². The van der Waals surface area contributed by atoms with Crippen LogP contribution in [0.5, 0.6) is 0 Å². The summed E-state index contributed by atoms with van der Waals surface area (Å²) < 4.78 is 0. The fraction of sp³-hybridized carbons (Fsp3) is 0.333. The minimum atomic E-state index is 0.272. The second kappa shape index (κ2) is 5.92. The third-order valence-corrected chi connectivity index (χ3v) is 5.68. The summed E-state index contributed by atoms with van der Waals surface area (Å²) in [4.78, 5) is 0.398.